The van der Waals surface area contributed by atoms with Gasteiger partial charge in [-0.05, 0) is 23.3 Å². The van der Waals surface area contributed by atoms with Gasteiger partial charge in [-0.3, -0.25) is 9.36 Å². The molecule has 2 heterocycles. The molecule has 25 heavy (non-hydrogen) atoms. The van der Waals surface area contributed by atoms with Crippen LogP contribution in [-0.4, -0.2) is 24.5 Å². The molecule has 0 aliphatic heterocycles. The summed E-state index contributed by atoms with van der Waals surface area (Å²) >= 11 is 0. The normalized spacial score (nSPS) is 11.1. The van der Waals surface area contributed by atoms with Crippen LogP contribution in [0.1, 0.15) is 11.1 Å². The Labute approximate surface area is 142 Å². The molecule has 0 fully saturated rings. The van der Waals surface area contributed by atoms with Crippen LogP contribution in [0.4, 0.5) is 4.39 Å². The zero-order chi connectivity index (χ0) is 17.2. The molecule has 0 saturated heterocycles. The smallest absolute Gasteiger partial charge is 0.283 e. The van der Waals surface area contributed by atoms with E-state index in [0.717, 1.165) is 11.1 Å². The molecule has 6 nitrogen and oxygen atoms in total. The van der Waals surface area contributed by atoms with Crippen molar-refractivity contribution < 1.29 is 4.39 Å². The summed E-state index contributed by atoms with van der Waals surface area (Å²) in [4.78, 5) is 16.9. The number of hydrogen-bond donors (Lipinski definition) is 0. The molecule has 0 atom stereocenters. The highest BCUT2D eigenvalue weighted by Gasteiger charge is 2.12. The van der Waals surface area contributed by atoms with Gasteiger partial charge in [-0.25, -0.2) is 14.1 Å². The molecule has 2 aromatic carbocycles. The van der Waals surface area contributed by atoms with E-state index in [-0.39, 0.29) is 16.9 Å². The van der Waals surface area contributed by atoms with E-state index in [2.05, 4.69) is 15.3 Å². The van der Waals surface area contributed by atoms with Crippen molar-refractivity contribution in [2.45, 2.75) is 13.1 Å². The summed E-state index contributed by atoms with van der Waals surface area (Å²) in [5.41, 5.74) is 2.26. The molecule has 4 rings (SSSR count). The molecule has 0 unspecified atom stereocenters. The molecule has 0 radical (unpaired) electrons. The fourth-order valence-electron chi connectivity index (χ4n) is 2.65. The Balaban J connectivity index is 1.67. The van der Waals surface area contributed by atoms with E-state index in [4.69, 9.17) is 0 Å². The third-order valence-electron chi connectivity index (χ3n) is 3.93. The summed E-state index contributed by atoms with van der Waals surface area (Å²) in [5, 5.41) is 8.04. The second-order valence-electron chi connectivity index (χ2n) is 5.71. The van der Waals surface area contributed by atoms with Crippen LogP contribution in [0.5, 0.6) is 0 Å². The Hall–Kier alpha value is -3.35. The van der Waals surface area contributed by atoms with Gasteiger partial charge in [-0.15, -0.1) is 5.10 Å². The third kappa shape index (κ3) is 3.03. The number of benzene rings is 2. The van der Waals surface area contributed by atoms with Crippen molar-refractivity contribution in [2.24, 2.45) is 0 Å². The highest BCUT2D eigenvalue weighted by Crippen LogP contribution is 2.08. The minimum absolute atomic E-state index is 0.223. The Morgan fingerprint density at radius 1 is 0.920 bits per heavy atom. The second-order valence-corrected chi connectivity index (χ2v) is 5.71. The minimum atomic E-state index is -0.312. The van der Waals surface area contributed by atoms with Gasteiger partial charge in [0.25, 0.3) is 5.56 Å². The first kappa shape index (κ1) is 15.2. The number of rotatable bonds is 4. The van der Waals surface area contributed by atoms with Crippen molar-refractivity contribution in [2.75, 3.05) is 0 Å². The van der Waals surface area contributed by atoms with Gasteiger partial charge in [0.15, 0.2) is 11.2 Å². The van der Waals surface area contributed by atoms with E-state index in [1.165, 1.54) is 23.0 Å². The maximum absolute atomic E-state index is 13.0. The van der Waals surface area contributed by atoms with E-state index in [1.807, 2.05) is 30.3 Å². The van der Waals surface area contributed by atoms with Gasteiger partial charge in [-0.1, -0.05) is 47.7 Å². The van der Waals surface area contributed by atoms with Crippen LogP contribution in [0.25, 0.3) is 11.2 Å². The fraction of sp³-hybridized carbons (Fsp3) is 0.111. The van der Waals surface area contributed by atoms with Gasteiger partial charge in [0.2, 0.25) is 0 Å². The molecule has 0 saturated carbocycles. The van der Waals surface area contributed by atoms with Gasteiger partial charge in [-0.2, -0.15) is 0 Å². The molecular weight excluding hydrogens is 321 g/mol. The molecule has 4 aromatic rings. The first-order chi connectivity index (χ1) is 12.2. The van der Waals surface area contributed by atoms with E-state index < -0.39 is 0 Å². The quantitative estimate of drug-likeness (QED) is 0.574. The summed E-state index contributed by atoms with van der Waals surface area (Å²) < 4.78 is 16.0. The molecule has 0 spiro atoms. The molecule has 0 N–H and O–H groups in total. The lowest BCUT2D eigenvalue weighted by molar-refractivity contribution is 0.626. The van der Waals surface area contributed by atoms with Crippen LogP contribution in [0.15, 0.2) is 65.7 Å². The van der Waals surface area contributed by atoms with Crippen molar-refractivity contribution >= 4 is 11.2 Å². The molecule has 0 aliphatic rings. The standard InChI is InChI=1S/C18H14FN5O/c19-15-8-6-14(7-9-15)10-23-12-20-17-16(18(23)25)21-22-24(17)11-13-4-2-1-3-5-13/h1-9,12H,10-11H2. The summed E-state index contributed by atoms with van der Waals surface area (Å²) in [6.45, 7) is 0.791. The van der Waals surface area contributed by atoms with E-state index in [1.54, 1.807) is 16.8 Å². The van der Waals surface area contributed by atoms with E-state index in [0.29, 0.717) is 18.7 Å². The van der Waals surface area contributed by atoms with Crippen LogP contribution in [0.2, 0.25) is 0 Å². The largest absolute Gasteiger partial charge is 0.293 e. The lowest BCUT2D eigenvalue weighted by Gasteiger charge is -2.06. The maximum Gasteiger partial charge on any atom is 0.283 e. The fourth-order valence-corrected chi connectivity index (χ4v) is 2.65. The topological polar surface area (TPSA) is 65.6 Å². The van der Waals surface area contributed by atoms with Crippen molar-refractivity contribution in [3.8, 4) is 0 Å². The molecule has 7 heteroatoms. The predicted molar refractivity (Wildman–Crippen MR) is 90.6 cm³/mol. The predicted octanol–water partition coefficient (Wildman–Crippen LogP) is 2.22. The van der Waals surface area contributed by atoms with Crippen molar-refractivity contribution in [1.82, 2.24) is 24.5 Å². The van der Waals surface area contributed by atoms with Crippen LogP contribution < -0.4 is 5.56 Å². The van der Waals surface area contributed by atoms with Crippen LogP contribution >= 0.6 is 0 Å². The van der Waals surface area contributed by atoms with Crippen LogP contribution in [-0.2, 0) is 13.1 Å². The average molecular weight is 335 g/mol. The van der Waals surface area contributed by atoms with Gasteiger partial charge in [0.1, 0.15) is 12.1 Å². The van der Waals surface area contributed by atoms with Crippen molar-refractivity contribution in [3.63, 3.8) is 0 Å². The van der Waals surface area contributed by atoms with Gasteiger partial charge in [0.05, 0.1) is 13.1 Å². The number of fused-ring (bicyclic) bond motifs is 1. The highest BCUT2D eigenvalue weighted by molar-refractivity contribution is 5.67. The monoisotopic (exact) mass is 335 g/mol. The molecule has 0 aliphatic carbocycles. The van der Waals surface area contributed by atoms with Crippen LogP contribution in [0, 0.1) is 5.82 Å². The maximum atomic E-state index is 13.0. The zero-order valence-corrected chi connectivity index (χ0v) is 13.2. The minimum Gasteiger partial charge on any atom is -0.293 e. The Kier molecular flexibility index (Phi) is 3.81. The SMILES string of the molecule is O=c1c2nnn(Cc3ccccc3)c2ncn1Cc1ccc(F)cc1. The summed E-state index contributed by atoms with van der Waals surface area (Å²) in [6, 6.07) is 15.8. The molecule has 124 valence electrons. The number of nitrogens with zero attached hydrogens (tertiary/aromatic N) is 5. The van der Waals surface area contributed by atoms with E-state index >= 15 is 0 Å². The molecule has 2 aromatic heterocycles. The third-order valence-corrected chi connectivity index (χ3v) is 3.93. The Morgan fingerprint density at radius 3 is 2.40 bits per heavy atom. The average Bonchev–Trinajstić information content (AvgIpc) is 3.04. The second kappa shape index (κ2) is 6.27. The summed E-state index contributed by atoms with van der Waals surface area (Å²) in [5.74, 6) is -0.312. The number of hydrogen-bond acceptors (Lipinski definition) is 4. The summed E-state index contributed by atoms with van der Waals surface area (Å²) in [6.07, 6.45) is 1.47. The Morgan fingerprint density at radius 2 is 1.64 bits per heavy atom. The van der Waals surface area contributed by atoms with Gasteiger partial charge in [0, 0.05) is 0 Å². The molecule has 0 amide bonds. The van der Waals surface area contributed by atoms with Crippen LogP contribution in [0.3, 0.4) is 0 Å². The highest BCUT2D eigenvalue weighted by atomic mass is 19.1. The first-order valence-corrected chi connectivity index (χ1v) is 7.78. The van der Waals surface area contributed by atoms with Crippen molar-refractivity contribution in [3.05, 3.63) is 88.2 Å². The lowest BCUT2D eigenvalue weighted by atomic mass is 10.2. The molecular formula is C18H14FN5O. The Bertz CT molecular complexity index is 1070. The van der Waals surface area contributed by atoms with Crippen molar-refractivity contribution in [1.29, 1.82) is 0 Å². The number of aromatic nitrogens is 5. The van der Waals surface area contributed by atoms with Gasteiger partial charge < -0.3 is 0 Å². The lowest BCUT2D eigenvalue weighted by Crippen LogP contribution is -2.21. The first-order valence-electron chi connectivity index (χ1n) is 7.78. The zero-order valence-electron chi connectivity index (χ0n) is 13.2. The van der Waals surface area contributed by atoms with E-state index in [9.17, 15) is 9.18 Å². The number of halogens is 1. The van der Waals surface area contributed by atoms with Gasteiger partial charge >= 0.3 is 0 Å². The molecule has 0 bridgehead atoms. The summed E-state index contributed by atoms with van der Waals surface area (Å²) in [7, 11) is 0.